The molecule has 18 heavy (non-hydrogen) atoms. The highest BCUT2D eigenvalue weighted by atomic mass is 19.2. The van der Waals surface area contributed by atoms with Crippen LogP contribution >= 0.6 is 0 Å². The van der Waals surface area contributed by atoms with Crippen molar-refractivity contribution in [2.45, 2.75) is 38.9 Å². The van der Waals surface area contributed by atoms with Crippen molar-refractivity contribution in [2.75, 3.05) is 0 Å². The monoisotopic (exact) mass is 258 g/mol. The van der Waals surface area contributed by atoms with Crippen LogP contribution in [0.4, 0.5) is 8.78 Å². The van der Waals surface area contributed by atoms with Gasteiger partial charge in [0.05, 0.1) is 12.5 Å². The van der Waals surface area contributed by atoms with Crippen LogP contribution in [0.1, 0.15) is 38.9 Å². The Kier molecular flexibility index (Phi) is 4.40. The quantitative estimate of drug-likeness (QED) is 0.848. The third-order valence-corrected chi connectivity index (χ3v) is 2.11. The first-order valence-corrected chi connectivity index (χ1v) is 5.54. The lowest BCUT2D eigenvalue weighted by Crippen LogP contribution is -2.24. The molecule has 0 amide bonds. The van der Waals surface area contributed by atoms with Crippen molar-refractivity contribution in [1.82, 2.24) is 0 Å². The smallest absolute Gasteiger partial charge is 0.309 e. The minimum atomic E-state index is -1.21. The molecule has 0 heterocycles. The van der Waals surface area contributed by atoms with Gasteiger partial charge >= 0.3 is 5.97 Å². The Bertz CT molecular complexity index is 438. The van der Waals surface area contributed by atoms with Crippen LogP contribution in [0.25, 0.3) is 0 Å². The molecule has 1 unspecified atom stereocenters. The zero-order valence-corrected chi connectivity index (χ0v) is 10.5. The number of aliphatic hydroxyl groups is 1. The minimum Gasteiger partial charge on any atom is -0.460 e. The second-order valence-electron chi connectivity index (χ2n) is 4.98. The molecule has 5 heteroatoms. The zero-order valence-electron chi connectivity index (χ0n) is 10.5. The van der Waals surface area contributed by atoms with Crippen LogP contribution < -0.4 is 0 Å². The van der Waals surface area contributed by atoms with E-state index in [0.717, 1.165) is 12.1 Å². The summed E-state index contributed by atoms with van der Waals surface area (Å²) in [6, 6.07) is 3.00. The zero-order chi connectivity index (χ0) is 13.9. The van der Waals surface area contributed by atoms with Gasteiger partial charge in [-0.1, -0.05) is 6.07 Å². The molecule has 1 aromatic carbocycles. The van der Waals surface area contributed by atoms with Crippen LogP contribution in [-0.4, -0.2) is 16.7 Å². The van der Waals surface area contributed by atoms with Gasteiger partial charge in [-0.15, -0.1) is 0 Å². The lowest BCUT2D eigenvalue weighted by molar-refractivity contribution is -0.157. The van der Waals surface area contributed by atoms with Gasteiger partial charge in [-0.25, -0.2) is 8.78 Å². The van der Waals surface area contributed by atoms with E-state index in [-0.39, 0.29) is 12.0 Å². The van der Waals surface area contributed by atoms with E-state index >= 15 is 0 Å². The molecule has 0 aromatic heterocycles. The van der Waals surface area contributed by atoms with Crippen LogP contribution in [0, 0.1) is 11.6 Å². The van der Waals surface area contributed by atoms with Crippen LogP contribution in [0.15, 0.2) is 18.2 Å². The number of carbonyl (C=O) groups is 1. The van der Waals surface area contributed by atoms with Gasteiger partial charge in [0.1, 0.15) is 5.60 Å². The van der Waals surface area contributed by atoms with Crippen molar-refractivity contribution in [1.29, 1.82) is 0 Å². The van der Waals surface area contributed by atoms with Crippen LogP contribution in [0.5, 0.6) is 0 Å². The van der Waals surface area contributed by atoms with Gasteiger partial charge in [0.15, 0.2) is 11.6 Å². The third kappa shape index (κ3) is 4.41. The molecular weight excluding hydrogens is 242 g/mol. The maximum atomic E-state index is 12.9. The molecule has 1 atom stereocenters. The van der Waals surface area contributed by atoms with Gasteiger partial charge < -0.3 is 9.84 Å². The Balaban J connectivity index is 2.68. The number of hydrogen-bond acceptors (Lipinski definition) is 3. The fourth-order valence-electron chi connectivity index (χ4n) is 1.38. The minimum absolute atomic E-state index is 0.139. The number of esters is 1. The molecule has 1 rings (SSSR count). The molecule has 0 spiro atoms. The SMILES string of the molecule is CC(C)(C)OC(=O)CC(O)c1ccc(F)c(F)c1. The molecule has 0 aliphatic rings. The fourth-order valence-corrected chi connectivity index (χ4v) is 1.38. The topological polar surface area (TPSA) is 46.5 Å². The molecule has 3 nitrogen and oxygen atoms in total. The highest BCUT2D eigenvalue weighted by molar-refractivity contribution is 5.70. The highest BCUT2D eigenvalue weighted by Crippen LogP contribution is 2.20. The molecule has 0 fully saturated rings. The Labute approximate surface area is 104 Å². The van der Waals surface area contributed by atoms with Gasteiger partial charge in [0.25, 0.3) is 0 Å². The summed E-state index contributed by atoms with van der Waals surface area (Å²) in [6.45, 7) is 5.11. The van der Waals surface area contributed by atoms with E-state index in [1.54, 1.807) is 20.8 Å². The lowest BCUT2D eigenvalue weighted by atomic mass is 10.1. The predicted octanol–water partition coefficient (Wildman–Crippen LogP) is 2.73. The van der Waals surface area contributed by atoms with E-state index in [9.17, 15) is 18.7 Å². The fraction of sp³-hybridized carbons (Fsp3) is 0.462. The second-order valence-corrected chi connectivity index (χ2v) is 4.98. The van der Waals surface area contributed by atoms with Crippen molar-refractivity contribution in [3.05, 3.63) is 35.4 Å². The summed E-state index contributed by atoms with van der Waals surface area (Å²) in [5, 5.41) is 9.71. The number of ether oxygens (including phenoxy) is 1. The Morgan fingerprint density at radius 3 is 2.44 bits per heavy atom. The number of carbonyl (C=O) groups excluding carboxylic acids is 1. The van der Waals surface area contributed by atoms with Gasteiger partial charge in [0.2, 0.25) is 0 Å². The summed E-state index contributed by atoms with van der Waals surface area (Å²) < 4.78 is 30.7. The molecule has 0 bridgehead atoms. The molecule has 0 saturated heterocycles. The number of rotatable bonds is 3. The Hall–Kier alpha value is -1.49. The largest absolute Gasteiger partial charge is 0.460 e. The van der Waals surface area contributed by atoms with E-state index in [1.165, 1.54) is 6.07 Å². The number of halogens is 2. The Morgan fingerprint density at radius 2 is 1.94 bits per heavy atom. The molecule has 0 radical (unpaired) electrons. The van der Waals surface area contributed by atoms with E-state index in [4.69, 9.17) is 4.74 Å². The van der Waals surface area contributed by atoms with Gasteiger partial charge in [-0.05, 0) is 38.5 Å². The number of hydrogen-bond donors (Lipinski definition) is 1. The average molecular weight is 258 g/mol. The van der Waals surface area contributed by atoms with Crippen molar-refractivity contribution < 1.29 is 23.4 Å². The predicted molar refractivity (Wildman–Crippen MR) is 61.8 cm³/mol. The first-order valence-electron chi connectivity index (χ1n) is 5.54. The van der Waals surface area contributed by atoms with Crippen molar-refractivity contribution in [3.63, 3.8) is 0 Å². The molecule has 1 N–H and O–H groups in total. The second kappa shape index (κ2) is 5.44. The van der Waals surface area contributed by atoms with Crippen LogP contribution in [0.2, 0.25) is 0 Å². The van der Waals surface area contributed by atoms with Gasteiger partial charge in [-0.3, -0.25) is 4.79 Å². The van der Waals surface area contributed by atoms with Gasteiger partial charge in [0, 0.05) is 0 Å². The summed E-state index contributed by atoms with van der Waals surface area (Å²) in [4.78, 5) is 11.4. The standard InChI is InChI=1S/C13H16F2O3/c1-13(2,3)18-12(17)7-11(16)8-4-5-9(14)10(15)6-8/h4-6,11,16H,7H2,1-3H3. The van der Waals surface area contributed by atoms with Gasteiger partial charge in [-0.2, -0.15) is 0 Å². The van der Waals surface area contributed by atoms with Crippen molar-refractivity contribution >= 4 is 5.97 Å². The van der Waals surface area contributed by atoms with Crippen LogP contribution in [0.3, 0.4) is 0 Å². The van der Waals surface area contributed by atoms with E-state index < -0.39 is 29.3 Å². The first kappa shape index (κ1) is 14.6. The third-order valence-electron chi connectivity index (χ3n) is 2.11. The maximum Gasteiger partial charge on any atom is 0.309 e. The number of aliphatic hydroxyl groups excluding tert-OH is 1. The summed E-state index contributed by atoms with van der Waals surface area (Å²) in [5.74, 6) is -2.65. The maximum absolute atomic E-state index is 12.9. The lowest BCUT2D eigenvalue weighted by Gasteiger charge is -2.20. The highest BCUT2D eigenvalue weighted by Gasteiger charge is 2.20. The van der Waals surface area contributed by atoms with Crippen molar-refractivity contribution in [2.24, 2.45) is 0 Å². The molecule has 0 aliphatic heterocycles. The molecule has 100 valence electrons. The molecular formula is C13H16F2O3. The summed E-state index contributed by atoms with van der Waals surface area (Å²) >= 11 is 0. The normalized spacial score (nSPS) is 13.2. The van der Waals surface area contributed by atoms with E-state index in [1.807, 2.05) is 0 Å². The van der Waals surface area contributed by atoms with Crippen molar-refractivity contribution in [3.8, 4) is 0 Å². The van der Waals surface area contributed by atoms with Crippen LogP contribution in [-0.2, 0) is 9.53 Å². The average Bonchev–Trinajstić information content (AvgIpc) is 2.18. The Morgan fingerprint density at radius 1 is 1.33 bits per heavy atom. The summed E-state index contributed by atoms with van der Waals surface area (Å²) in [5.41, 5.74) is -0.509. The summed E-state index contributed by atoms with van der Waals surface area (Å²) in [6.07, 6.45) is -1.52. The van der Waals surface area contributed by atoms with E-state index in [0.29, 0.717) is 0 Å². The molecule has 0 saturated carbocycles. The molecule has 1 aromatic rings. The van der Waals surface area contributed by atoms with E-state index in [2.05, 4.69) is 0 Å². The first-order chi connectivity index (χ1) is 8.19. The summed E-state index contributed by atoms with van der Waals surface area (Å²) in [7, 11) is 0. The molecule has 0 aliphatic carbocycles. The number of benzene rings is 1.